The summed E-state index contributed by atoms with van der Waals surface area (Å²) in [7, 11) is 0. The highest BCUT2D eigenvalue weighted by molar-refractivity contribution is 9.11. The summed E-state index contributed by atoms with van der Waals surface area (Å²) in [4.78, 5) is 22.1. The van der Waals surface area contributed by atoms with Crippen LogP contribution in [-0.4, -0.2) is 17.0 Å². The number of nitrogens with zero attached hydrogens (tertiary/aromatic N) is 2. The van der Waals surface area contributed by atoms with Crippen LogP contribution in [0.5, 0.6) is 5.75 Å². The molecule has 0 aliphatic carbocycles. The molecule has 3 aromatic rings. The Morgan fingerprint density at radius 3 is 2.40 bits per heavy atom. The highest BCUT2D eigenvalue weighted by Gasteiger charge is 2.08. The van der Waals surface area contributed by atoms with Gasteiger partial charge in [-0.3, -0.25) is 14.9 Å². The van der Waals surface area contributed by atoms with Crippen LogP contribution < -0.4 is 10.2 Å². The molecule has 3 rings (SSSR count). The van der Waals surface area contributed by atoms with E-state index >= 15 is 0 Å². The quantitative estimate of drug-likeness (QED) is 0.248. The molecule has 0 saturated carbocycles. The van der Waals surface area contributed by atoms with Crippen molar-refractivity contribution in [3.63, 3.8) is 0 Å². The average molecular weight is 533 g/mol. The standard InChI is InChI=1S/C21H15Br2N3O4/c22-17-6-3-16(20(23)11-17)13-30-19-9-1-14(2-10-19)12-24-25-21(27)15-4-7-18(8-5-15)26(28)29/h1-12H,13H2,(H,25,27)/b24-12-. The Morgan fingerprint density at radius 2 is 1.77 bits per heavy atom. The number of carbonyl (C=O) groups excluding carboxylic acids is 1. The van der Waals surface area contributed by atoms with Crippen LogP contribution in [0.2, 0.25) is 0 Å². The minimum Gasteiger partial charge on any atom is -0.489 e. The summed E-state index contributed by atoms with van der Waals surface area (Å²) < 4.78 is 7.74. The zero-order valence-electron chi connectivity index (χ0n) is 15.4. The van der Waals surface area contributed by atoms with Crippen molar-refractivity contribution in [1.29, 1.82) is 0 Å². The molecule has 0 spiro atoms. The molecule has 0 aliphatic rings. The first-order valence-electron chi connectivity index (χ1n) is 8.67. The monoisotopic (exact) mass is 531 g/mol. The fourth-order valence-corrected chi connectivity index (χ4v) is 3.58. The van der Waals surface area contributed by atoms with Gasteiger partial charge in [-0.2, -0.15) is 5.10 Å². The third-order valence-corrected chi connectivity index (χ3v) is 5.24. The van der Waals surface area contributed by atoms with E-state index in [4.69, 9.17) is 4.74 Å². The number of ether oxygens (including phenoxy) is 1. The summed E-state index contributed by atoms with van der Waals surface area (Å²) in [5.41, 5.74) is 4.39. The lowest BCUT2D eigenvalue weighted by atomic mass is 10.2. The van der Waals surface area contributed by atoms with E-state index in [2.05, 4.69) is 42.4 Å². The van der Waals surface area contributed by atoms with Gasteiger partial charge in [0.05, 0.1) is 11.1 Å². The van der Waals surface area contributed by atoms with Crippen molar-refractivity contribution in [3.05, 3.63) is 102 Å². The summed E-state index contributed by atoms with van der Waals surface area (Å²) >= 11 is 6.92. The van der Waals surface area contributed by atoms with Crippen LogP contribution in [0.3, 0.4) is 0 Å². The molecule has 1 N–H and O–H groups in total. The Balaban J connectivity index is 1.52. The van der Waals surface area contributed by atoms with Crippen LogP contribution in [0.4, 0.5) is 5.69 Å². The Kier molecular flexibility index (Phi) is 7.31. The van der Waals surface area contributed by atoms with E-state index in [9.17, 15) is 14.9 Å². The highest BCUT2D eigenvalue weighted by Crippen LogP contribution is 2.23. The van der Waals surface area contributed by atoms with Crippen molar-refractivity contribution in [2.24, 2.45) is 5.10 Å². The zero-order chi connectivity index (χ0) is 21.5. The van der Waals surface area contributed by atoms with Gasteiger partial charge in [-0.05, 0) is 54.1 Å². The number of benzene rings is 3. The lowest BCUT2D eigenvalue weighted by molar-refractivity contribution is -0.384. The van der Waals surface area contributed by atoms with Crippen LogP contribution in [0.1, 0.15) is 21.5 Å². The molecule has 0 aliphatic heterocycles. The van der Waals surface area contributed by atoms with Gasteiger partial charge in [0.25, 0.3) is 11.6 Å². The number of hydrogen-bond donors (Lipinski definition) is 1. The smallest absolute Gasteiger partial charge is 0.271 e. The molecule has 9 heteroatoms. The normalized spacial score (nSPS) is 10.7. The maximum Gasteiger partial charge on any atom is 0.271 e. The molecule has 3 aromatic carbocycles. The molecule has 0 atom stereocenters. The van der Waals surface area contributed by atoms with Gasteiger partial charge in [-0.25, -0.2) is 5.43 Å². The van der Waals surface area contributed by atoms with Crippen molar-refractivity contribution < 1.29 is 14.5 Å². The van der Waals surface area contributed by atoms with Gasteiger partial charge < -0.3 is 4.74 Å². The first-order valence-corrected chi connectivity index (χ1v) is 10.3. The minimum atomic E-state index is -0.523. The molecule has 7 nitrogen and oxygen atoms in total. The second-order valence-electron chi connectivity index (χ2n) is 6.10. The molecule has 152 valence electrons. The van der Waals surface area contributed by atoms with Crippen molar-refractivity contribution >= 4 is 49.7 Å². The Hall–Kier alpha value is -3.04. The molecule has 0 unspecified atom stereocenters. The maximum atomic E-state index is 12.0. The van der Waals surface area contributed by atoms with E-state index in [-0.39, 0.29) is 11.3 Å². The molecular formula is C21H15Br2N3O4. The van der Waals surface area contributed by atoms with E-state index in [0.717, 1.165) is 20.1 Å². The fourth-order valence-electron chi connectivity index (χ4n) is 2.41. The Labute approximate surface area is 189 Å². The zero-order valence-corrected chi connectivity index (χ0v) is 18.6. The first kappa shape index (κ1) is 21.7. The van der Waals surface area contributed by atoms with Gasteiger partial charge in [0.15, 0.2) is 0 Å². The largest absolute Gasteiger partial charge is 0.489 e. The van der Waals surface area contributed by atoms with Gasteiger partial charge in [-0.15, -0.1) is 0 Å². The molecule has 0 bridgehead atoms. The van der Waals surface area contributed by atoms with Gasteiger partial charge >= 0.3 is 0 Å². The number of nitro groups is 1. The predicted molar refractivity (Wildman–Crippen MR) is 121 cm³/mol. The van der Waals surface area contributed by atoms with Crippen molar-refractivity contribution in [3.8, 4) is 5.75 Å². The van der Waals surface area contributed by atoms with E-state index in [0.29, 0.717) is 12.4 Å². The molecule has 0 heterocycles. The number of nitro benzene ring substituents is 1. The number of rotatable bonds is 7. The Morgan fingerprint density at radius 1 is 1.07 bits per heavy atom. The van der Waals surface area contributed by atoms with Crippen molar-refractivity contribution in [2.75, 3.05) is 0 Å². The molecule has 0 radical (unpaired) electrons. The van der Waals surface area contributed by atoms with E-state index < -0.39 is 10.8 Å². The van der Waals surface area contributed by atoms with Crippen LogP contribution in [0.25, 0.3) is 0 Å². The SMILES string of the molecule is O=C(N/N=C\c1ccc(OCc2ccc(Br)cc2Br)cc1)c1ccc([N+](=O)[O-])cc1. The predicted octanol–water partition coefficient (Wildman–Crippen LogP) is 5.46. The first-order chi connectivity index (χ1) is 14.4. The number of carbonyl (C=O) groups is 1. The van der Waals surface area contributed by atoms with Crippen LogP contribution >= 0.6 is 31.9 Å². The number of nitrogens with one attached hydrogen (secondary N) is 1. The lowest BCUT2D eigenvalue weighted by Crippen LogP contribution is -2.17. The Bertz CT molecular complexity index is 1080. The fraction of sp³-hybridized carbons (Fsp3) is 0.0476. The van der Waals surface area contributed by atoms with Crippen molar-refractivity contribution in [1.82, 2.24) is 5.43 Å². The molecule has 30 heavy (non-hydrogen) atoms. The molecule has 0 fully saturated rings. The summed E-state index contributed by atoms with van der Waals surface area (Å²) in [5.74, 6) is 0.248. The second-order valence-corrected chi connectivity index (χ2v) is 7.87. The summed E-state index contributed by atoms with van der Waals surface area (Å²) in [5, 5.41) is 14.6. The summed E-state index contributed by atoms with van der Waals surface area (Å²) in [6.07, 6.45) is 1.50. The molecular weight excluding hydrogens is 518 g/mol. The van der Waals surface area contributed by atoms with Crippen LogP contribution in [-0.2, 0) is 6.61 Å². The van der Waals surface area contributed by atoms with Gasteiger partial charge in [0.2, 0.25) is 0 Å². The number of halogens is 2. The summed E-state index contributed by atoms with van der Waals surface area (Å²) in [6.45, 7) is 0.423. The third kappa shape index (κ3) is 5.98. The van der Waals surface area contributed by atoms with E-state index in [1.165, 1.54) is 30.5 Å². The molecule has 1 amide bonds. The highest BCUT2D eigenvalue weighted by atomic mass is 79.9. The second kappa shape index (κ2) is 10.1. The minimum absolute atomic E-state index is 0.0788. The van der Waals surface area contributed by atoms with Gasteiger partial charge in [0, 0.05) is 32.2 Å². The number of hydrazone groups is 1. The number of amides is 1. The van der Waals surface area contributed by atoms with Gasteiger partial charge in [-0.1, -0.05) is 37.9 Å². The molecule has 0 aromatic heterocycles. The maximum absolute atomic E-state index is 12.0. The van der Waals surface area contributed by atoms with Crippen molar-refractivity contribution in [2.45, 2.75) is 6.61 Å². The third-order valence-electron chi connectivity index (χ3n) is 4.01. The van der Waals surface area contributed by atoms with Gasteiger partial charge in [0.1, 0.15) is 12.4 Å². The van der Waals surface area contributed by atoms with E-state index in [1.54, 1.807) is 0 Å². The number of non-ortho nitro benzene ring substituents is 1. The lowest BCUT2D eigenvalue weighted by Gasteiger charge is -2.08. The molecule has 0 saturated heterocycles. The summed E-state index contributed by atoms with van der Waals surface area (Å²) in [6, 6.07) is 18.4. The topological polar surface area (TPSA) is 93.8 Å². The van der Waals surface area contributed by atoms with Crippen LogP contribution in [0, 0.1) is 10.1 Å². The number of hydrogen-bond acceptors (Lipinski definition) is 5. The van der Waals surface area contributed by atoms with Crippen LogP contribution in [0.15, 0.2) is 80.8 Å². The average Bonchev–Trinajstić information content (AvgIpc) is 2.74. The van der Waals surface area contributed by atoms with E-state index in [1.807, 2.05) is 42.5 Å².